The van der Waals surface area contributed by atoms with Gasteiger partial charge in [-0.05, 0) is 22.4 Å². The van der Waals surface area contributed by atoms with Crippen molar-refractivity contribution in [1.29, 1.82) is 0 Å². The Hall–Kier alpha value is -0.550. The maximum absolute atomic E-state index is 11.8. The molecule has 0 amide bonds. The monoisotopic (exact) mass is 355 g/mol. The Balaban J connectivity index is 2.33. The van der Waals surface area contributed by atoms with Crippen molar-refractivity contribution in [3.05, 3.63) is 15.0 Å². The van der Waals surface area contributed by atoms with Crippen LogP contribution in [0.1, 0.15) is 17.5 Å². The highest BCUT2D eigenvalue weighted by molar-refractivity contribution is 9.11. The first-order chi connectivity index (χ1) is 8.31. The lowest BCUT2D eigenvalue weighted by Gasteiger charge is -2.33. The largest absolute Gasteiger partial charge is 0.480 e. The summed E-state index contributed by atoms with van der Waals surface area (Å²) in [4.78, 5) is 15.1. The van der Waals surface area contributed by atoms with Crippen molar-refractivity contribution in [2.45, 2.75) is 18.5 Å². The van der Waals surface area contributed by atoms with Gasteiger partial charge in [0.1, 0.15) is 11.0 Å². The number of likely N-dealkylation sites (N-methyl/N-ethyl adjacent to an activating group) is 1. The molecule has 1 unspecified atom stereocenters. The molecule has 100 valence electrons. The van der Waals surface area contributed by atoms with Crippen molar-refractivity contribution in [2.75, 3.05) is 7.05 Å². The summed E-state index contributed by atoms with van der Waals surface area (Å²) < 4.78 is 27.6. The molecule has 7 nitrogen and oxygen atoms in total. The number of hydrogen-bond acceptors (Lipinski definition) is 5. The average molecular weight is 356 g/mol. The van der Waals surface area contributed by atoms with E-state index >= 15 is 0 Å². The molecule has 2 heterocycles. The van der Waals surface area contributed by atoms with Crippen molar-refractivity contribution in [1.82, 2.24) is 14.0 Å². The highest BCUT2D eigenvalue weighted by atomic mass is 79.9. The van der Waals surface area contributed by atoms with E-state index in [0.717, 1.165) is 8.09 Å². The smallest absolute Gasteiger partial charge is 0.322 e. The minimum absolute atomic E-state index is 0.144. The van der Waals surface area contributed by atoms with Gasteiger partial charge in [0.05, 0.1) is 16.0 Å². The van der Waals surface area contributed by atoms with Crippen LogP contribution >= 0.6 is 27.3 Å². The minimum Gasteiger partial charge on any atom is -0.480 e. The summed E-state index contributed by atoms with van der Waals surface area (Å²) in [5, 5.41) is 9.60. The van der Waals surface area contributed by atoms with Gasteiger partial charge in [-0.3, -0.25) is 4.79 Å². The number of aliphatic carboxylic acids is 1. The van der Waals surface area contributed by atoms with Crippen LogP contribution in [0.5, 0.6) is 0 Å². The molecule has 0 aliphatic carbocycles. The summed E-state index contributed by atoms with van der Waals surface area (Å²) in [6.07, 6.45) is 1.70. The molecule has 1 aromatic rings. The van der Waals surface area contributed by atoms with E-state index in [0.29, 0.717) is 5.01 Å². The van der Waals surface area contributed by atoms with Crippen molar-refractivity contribution in [3.63, 3.8) is 0 Å². The fourth-order valence-electron chi connectivity index (χ4n) is 1.69. The molecule has 0 aromatic carbocycles. The molecule has 10 heteroatoms. The van der Waals surface area contributed by atoms with E-state index in [9.17, 15) is 13.2 Å². The number of hydrogen-bond donors (Lipinski definition) is 2. The summed E-state index contributed by atoms with van der Waals surface area (Å²) in [6.45, 7) is 0. The average Bonchev–Trinajstić information content (AvgIpc) is 2.68. The number of nitrogens with zero attached hydrogens (tertiary/aromatic N) is 2. The second-order valence-electron chi connectivity index (χ2n) is 3.78. The van der Waals surface area contributed by atoms with Crippen LogP contribution in [0.15, 0.2) is 9.98 Å². The van der Waals surface area contributed by atoms with Gasteiger partial charge in [-0.2, -0.15) is 17.4 Å². The Morgan fingerprint density at radius 3 is 2.89 bits per heavy atom. The minimum atomic E-state index is -3.79. The highest BCUT2D eigenvalue weighted by Crippen LogP contribution is 2.31. The Kier molecular flexibility index (Phi) is 3.74. The first-order valence-electron chi connectivity index (χ1n) is 4.90. The van der Waals surface area contributed by atoms with Crippen molar-refractivity contribution < 1.29 is 18.3 Å². The topological polar surface area (TPSA) is 99.6 Å². The number of carbonyl (C=O) groups is 1. The van der Waals surface area contributed by atoms with Gasteiger partial charge in [0.15, 0.2) is 0 Å². The molecular weight excluding hydrogens is 346 g/mol. The van der Waals surface area contributed by atoms with Crippen LogP contribution in [0.3, 0.4) is 0 Å². The van der Waals surface area contributed by atoms with Gasteiger partial charge >= 0.3 is 5.97 Å². The number of carboxylic acid groups (broad SMARTS) is 1. The number of rotatable bonds is 2. The predicted octanol–water partition coefficient (Wildman–Crippen LogP) is 0.570. The van der Waals surface area contributed by atoms with Crippen LogP contribution < -0.4 is 4.72 Å². The van der Waals surface area contributed by atoms with E-state index in [1.165, 1.54) is 18.4 Å². The van der Waals surface area contributed by atoms with E-state index in [4.69, 9.17) is 5.11 Å². The van der Waals surface area contributed by atoms with E-state index in [1.807, 2.05) is 0 Å². The molecule has 0 radical (unpaired) electrons. The fraction of sp³-hybridized carbons (Fsp3) is 0.500. The highest BCUT2D eigenvalue weighted by Gasteiger charge is 2.41. The molecule has 2 N–H and O–H groups in total. The normalized spacial score (nSPS) is 28.1. The third-order valence-electron chi connectivity index (χ3n) is 2.65. The van der Waals surface area contributed by atoms with Gasteiger partial charge in [0.2, 0.25) is 0 Å². The van der Waals surface area contributed by atoms with Crippen LogP contribution in [-0.4, -0.2) is 41.9 Å². The number of halogens is 1. The zero-order valence-electron chi connectivity index (χ0n) is 9.20. The van der Waals surface area contributed by atoms with Crippen LogP contribution in [0, 0.1) is 0 Å². The predicted molar refractivity (Wildman–Crippen MR) is 68.4 cm³/mol. The molecule has 18 heavy (non-hydrogen) atoms. The number of nitrogens with one attached hydrogen (secondary N) is 1. The summed E-state index contributed by atoms with van der Waals surface area (Å²) >= 11 is 4.51. The summed E-state index contributed by atoms with van der Waals surface area (Å²) in [7, 11) is -2.54. The summed E-state index contributed by atoms with van der Waals surface area (Å²) in [5.41, 5.74) is 0. The molecule has 0 bridgehead atoms. The molecule has 1 aliphatic rings. The molecule has 2 rings (SSSR count). The third kappa shape index (κ3) is 2.57. The van der Waals surface area contributed by atoms with Crippen LogP contribution in [-0.2, 0) is 15.0 Å². The van der Waals surface area contributed by atoms with Crippen LogP contribution in [0.25, 0.3) is 0 Å². The molecule has 1 fully saturated rings. The van der Waals surface area contributed by atoms with Crippen molar-refractivity contribution in [3.8, 4) is 0 Å². The molecule has 2 atom stereocenters. The standard InChI is InChI=1S/C8H10BrN3O4S2/c1-12-5(8(13)14)2-4(11-18(12,15)16)7-10-3-6(9)17-7/h3-5,11H,2H2,1H3,(H,13,14)/t4?,5-/m1/s1. The van der Waals surface area contributed by atoms with Gasteiger partial charge in [-0.1, -0.05) is 0 Å². The number of aromatic nitrogens is 1. The first-order valence-corrected chi connectivity index (χ1v) is 7.95. The molecule has 1 saturated heterocycles. The Labute approximate surface area is 116 Å². The van der Waals surface area contributed by atoms with Gasteiger partial charge < -0.3 is 5.11 Å². The third-order valence-corrected chi connectivity index (χ3v) is 5.83. The van der Waals surface area contributed by atoms with Gasteiger partial charge in [-0.25, -0.2) is 4.98 Å². The van der Waals surface area contributed by atoms with Gasteiger partial charge in [0.25, 0.3) is 10.2 Å². The summed E-state index contributed by atoms with van der Waals surface area (Å²) in [6, 6.07) is -1.69. The molecular formula is C8H10BrN3O4S2. The Bertz CT molecular complexity index is 573. The lowest BCUT2D eigenvalue weighted by Crippen LogP contribution is -2.54. The van der Waals surface area contributed by atoms with E-state index in [1.54, 1.807) is 6.20 Å². The van der Waals surface area contributed by atoms with Gasteiger partial charge in [-0.15, -0.1) is 11.3 Å². The zero-order chi connectivity index (χ0) is 13.5. The van der Waals surface area contributed by atoms with E-state index in [2.05, 4.69) is 25.6 Å². The lowest BCUT2D eigenvalue weighted by molar-refractivity contribution is -0.141. The Morgan fingerprint density at radius 2 is 2.39 bits per heavy atom. The van der Waals surface area contributed by atoms with Crippen molar-refractivity contribution >= 4 is 43.4 Å². The van der Waals surface area contributed by atoms with Crippen molar-refractivity contribution in [2.24, 2.45) is 0 Å². The lowest BCUT2D eigenvalue weighted by atomic mass is 10.1. The van der Waals surface area contributed by atoms with E-state index in [-0.39, 0.29) is 6.42 Å². The van der Waals surface area contributed by atoms with Gasteiger partial charge in [0, 0.05) is 7.05 Å². The second-order valence-corrected chi connectivity index (χ2v) is 7.99. The summed E-state index contributed by atoms with van der Waals surface area (Å²) in [5.74, 6) is -1.16. The SMILES string of the molecule is CN1[C@@H](C(=O)O)CC(c2ncc(Br)s2)NS1(=O)=O. The van der Waals surface area contributed by atoms with E-state index < -0.39 is 28.3 Å². The quantitative estimate of drug-likeness (QED) is 0.807. The molecule has 1 aromatic heterocycles. The molecule has 1 aliphatic heterocycles. The second kappa shape index (κ2) is 4.85. The Morgan fingerprint density at radius 1 is 1.72 bits per heavy atom. The number of carboxylic acids is 1. The van der Waals surface area contributed by atoms with Crippen LogP contribution in [0.4, 0.5) is 0 Å². The molecule has 0 spiro atoms. The number of thiazole rings is 1. The van der Waals surface area contributed by atoms with Crippen LogP contribution in [0.2, 0.25) is 0 Å². The maximum atomic E-state index is 11.8. The maximum Gasteiger partial charge on any atom is 0.322 e. The fourth-order valence-corrected chi connectivity index (χ4v) is 4.31. The molecule has 0 saturated carbocycles. The first kappa shape index (κ1) is 13.9. The zero-order valence-corrected chi connectivity index (χ0v) is 12.4.